The van der Waals surface area contributed by atoms with Crippen LogP contribution in [0.15, 0.2) is 36.4 Å². The van der Waals surface area contributed by atoms with Crippen LogP contribution in [0.3, 0.4) is 0 Å². The van der Waals surface area contributed by atoms with E-state index in [2.05, 4.69) is 13.8 Å². The minimum absolute atomic E-state index is 0.0622. The third kappa shape index (κ3) is 13.5. The Morgan fingerprint density at radius 2 is 1.53 bits per heavy atom. The molecule has 0 saturated heterocycles. The summed E-state index contributed by atoms with van der Waals surface area (Å²) in [4.78, 5) is 49.4. The Kier molecular flexibility index (Phi) is 16.7. The van der Waals surface area contributed by atoms with Crippen molar-refractivity contribution in [1.82, 2.24) is 0 Å². The number of ether oxygens (including phenoxy) is 3. The smallest absolute Gasteiger partial charge is 0.330 e. The number of esters is 3. The lowest BCUT2D eigenvalue weighted by Crippen LogP contribution is -2.28. The van der Waals surface area contributed by atoms with Gasteiger partial charge in [0.05, 0.1) is 18.4 Å². The predicted molar refractivity (Wildman–Crippen MR) is 148 cm³/mol. The van der Waals surface area contributed by atoms with Gasteiger partial charge in [-0.05, 0) is 50.2 Å². The third-order valence-electron chi connectivity index (χ3n) is 6.80. The van der Waals surface area contributed by atoms with Crippen LogP contribution in [-0.4, -0.2) is 43.5 Å². The van der Waals surface area contributed by atoms with Crippen molar-refractivity contribution < 1.29 is 33.4 Å². The summed E-state index contributed by atoms with van der Waals surface area (Å²) in [7, 11) is 0. The van der Waals surface area contributed by atoms with Gasteiger partial charge in [0, 0.05) is 12.0 Å². The lowest BCUT2D eigenvalue weighted by molar-refractivity contribution is -0.153. The van der Waals surface area contributed by atoms with Crippen LogP contribution < -0.4 is 0 Å². The van der Waals surface area contributed by atoms with Crippen LogP contribution in [0.4, 0.5) is 0 Å². The summed E-state index contributed by atoms with van der Waals surface area (Å²) in [6, 6.07) is 9.35. The molecule has 0 aliphatic rings. The zero-order valence-electron chi connectivity index (χ0n) is 23.8. The van der Waals surface area contributed by atoms with E-state index >= 15 is 0 Å². The number of Topliss-reactive ketones (excluding diaryl/α,β-unsaturated/α-hetero) is 1. The van der Waals surface area contributed by atoms with E-state index in [1.807, 2.05) is 37.3 Å². The zero-order valence-corrected chi connectivity index (χ0v) is 23.8. The lowest BCUT2D eigenvalue weighted by atomic mass is 9.84. The highest BCUT2D eigenvalue weighted by molar-refractivity contribution is 5.87. The van der Waals surface area contributed by atoms with Gasteiger partial charge in [-0.15, -0.1) is 0 Å². The van der Waals surface area contributed by atoms with Gasteiger partial charge in [-0.25, -0.2) is 4.79 Å². The number of rotatable bonds is 19. The van der Waals surface area contributed by atoms with Crippen molar-refractivity contribution in [3.05, 3.63) is 42.0 Å². The standard InChI is InChI=1S/C31H46O7/c1-6-9-13-25(7-2)22-38-31(35)27(8-3)21-28(24(5)32)20-23(4)30(34)37-19-18-36-29(33)17-16-26-14-11-10-12-15-26/h10-12,14-17,23,25,27-28H,6-9,13,18-22H2,1-5H3/b17-16+. The fourth-order valence-electron chi connectivity index (χ4n) is 4.14. The highest BCUT2D eigenvalue weighted by Gasteiger charge is 2.29. The molecule has 38 heavy (non-hydrogen) atoms. The Bertz CT molecular complexity index is 877. The van der Waals surface area contributed by atoms with Gasteiger partial charge in [0.1, 0.15) is 19.0 Å². The molecular weight excluding hydrogens is 484 g/mol. The SMILES string of the molecule is CCCCC(CC)COC(=O)C(CC)CC(CC(C)C(=O)OCCOC(=O)/C=C/c1ccccc1)C(C)=O. The van der Waals surface area contributed by atoms with E-state index in [0.29, 0.717) is 25.4 Å². The van der Waals surface area contributed by atoms with Gasteiger partial charge < -0.3 is 14.2 Å². The second kappa shape index (κ2) is 19.2. The van der Waals surface area contributed by atoms with Crippen molar-refractivity contribution in [2.45, 2.75) is 79.6 Å². The molecule has 0 aliphatic heterocycles. The summed E-state index contributed by atoms with van der Waals surface area (Å²) in [6.07, 6.45) is 8.38. The highest BCUT2D eigenvalue weighted by atomic mass is 16.6. The van der Waals surface area contributed by atoms with Crippen molar-refractivity contribution >= 4 is 29.8 Å². The van der Waals surface area contributed by atoms with Crippen LogP contribution in [0.2, 0.25) is 0 Å². The minimum atomic E-state index is -0.537. The Hall–Kier alpha value is -2.96. The van der Waals surface area contributed by atoms with Gasteiger partial charge in [-0.3, -0.25) is 14.4 Å². The summed E-state index contributed by atoms with van der Waals surface area (Å²) in [5, 5.41) is 0. The van der Waals surface area contributed by atoms with E-state index in [1.54, 1.807) is 13.0 Å². The largest absolute Gasteiger partial charge is 0.465 e. The number of hydrogen-bond donors (Lipinski definition) is 0. The third-order valence-corrected chi connectivity index (χ3v) is 6.80. The normalized spacial score (nSPS) is 14.3. The van der Waals surface area contributed by atoms with Crippen LogP contribution in [0.5, 0.6) is 0 Å². The van der Waals surface area contributed by atoms with Crippen LogP contribution in [0.25, 0.3) is 6.08 Å². The first-order valence-electron chi connectivity index (χ1n) is 13.9. The maximum Gasteiger partial charge on any atom is 0.330 e. The summed E-state index contributed by atoms with van der Waals surface area (Å²) >= 11 is 0. The second-order valence-corrected chi connectivity index (χ2v) is 9.91. The first-order valence-corrected chi connectivity index (χ1v) is 13.9. The van der Waals surface area contributed by atoms with Gasteiger partial charge >= 0.3 is 17.9 Å². The van der Waals surface area contributed by atoms with Crippen molar-refractivity contribution in [1.29, 1.82) is 0 Å². The molecule has 7 nitrogen and oxygen atoms in total. The van der Waals surface area contributed by atoms with Gasteiger partial charge in [0.25, 0.3) is 0 Å². The predicted octanol–water partition coefficient (Wildman–Crippen LogP) is 6.19. The summed E-state index contributed by atoms with van der Waals surface area (Å²) in [5.41, 5.74) is 0.875. The molecule has 0 saturated carbocycles. The fraction of sp³-hybridized carbons (Fsp3) is 0.613. The number of hydrogen-bond acceptors (Lipinski definition) is 7. The number of unbranched alkanes of at least 4 members (excludes halogenated alkanes) is 1. The topological polar surface area (TPSA) is 96.0 Å². The van der Waals surface area contributed by atoms with Crippen LogP contribution in [-0.2, 0) is 33.4 Å². The van der Waals surface area contributed by atoms with Crippen molar-refractivity contribution in [2.75, 3.05) is 19.8 Å². The first-order chi connectivity index (χ1) is 18.2. The summed E-state index contributed by atoms with van der Waals surface area (Å²) in [6.45, 7) is 9.62. The van der Waals surface area contributed by atoms with Crippen molar-refractivity contribution in [3.63, 3.8) is 0 Å². The molecule has 0 spiro atoms. The Labute approximate surface area is 228 Å². The molecule has 212 valence electrons. The average Bonchev–Trinajstić information content (AvgIpc) is 2.92. The maximum absolute atomic E-state index is 12.7. The molecule has 0 N–H and O–H groups in total. The van der Waals surface area contributed by atoms with E-state index in [4.69, 9.17) is 14.2 Å². The summed E-state index contributed by atoms with van der Waals surface area (Å²) in [5.74, 6) is -2.35. The molecule has 0 radical (unpaired) electrons. The average molecular weight is 531 g/mol. The lowest BCUT2D eigenvalue weighted by Gasteiger charge is -2.23. The van der Waals surface area contributed by atoms with Crippen LogP contribution >= 0.6 is 0 Å². The molecule has 1 aromatic rings. The van der Waals surface area contributed by atoms with Crippen molar-refractivity contribution in [3.8, 4) is 0 Å². The maximum atomic E-state index is 12.7. The van der Waals surface area contributed by atoms with Gasteiger partial charge in [-0.1, -0.05) is 77.3 Å². The van der Waals surface area contributed by atoms with E-state index in [9.17, 15) is 19.2 Å². The molecule has 0 aliphatic carbocycles. The minimum Gasteiger partial charge on any atom is -0.465 e. The molecule has 0 heterocycles. The van der Waals surface area contributed by atoms with Gasteiger partial charge in [-0.2, -0.15) is 0 Å². The molecule has 0 fully saturated rings. The zero-order chi connectivity index (χ0) is 28.3. The molecule has 4 unspecified atom stereocenters. The Morgan fingerprint density at radius 1 is 0.842 bits per heavy atom. The van der Waals surface area contributed by atoms with Crippen LogP contribution in [0, 0.1) is 23.7 Å². The first kappa shape index (κ1) is 33.1. The molecule has 0 aromatic heterocycles. The Balaban J connectivity index is 2.47. The van der Waals surface area contributed by atoms with E-state index < -0.39 is 23.8 Å². The fourth-order valence-corrected chi connectivity index (χ4v) is 4.14. The van der Waals surface area contributed by atoms with E-state index in [1.165, 1.54) is 13.0 Å². The molecule has 4 atom stereocenters. The van der Waals surface area contributed by atoms with E-state index in [-0.39, 0.29) is 37.3 Å². The van der Waals surface area contributed by atoms with Crippen molar-refractivity contribution in [2.24, 2.45) is 23.7 Å². The van der Waals surface area contributed by atoms with Crippen LogP contribution in [0.1, 0.15) is 85.1 Å². The summed E-state index contributed by atoms with van der Waals surface area (Å²) < 4.78 is 15.9. The van der Waals surface area contributed by atoms with Gasteiger partial charge in [0.15, 0.2) is 0 Å². The number of ketones is 1. The number of carbonyl (C=O) groups is 4. The molecule has 0 amide bonds. The number of benzene rings is 1. The number of carbonyl (C=O) groups excluding carboxylic acids is 4. The quantitative estimate of drug-likeness (QED) is 0.0910. The van der Waals surface area contributed by atoms with Gasteiger partial charge in [0.2, 0.25) is 0 Å². The molecular formula is C31H46O7. The molecule has 1 aromatic carbocycles. The molecule has 1 rings (SSSR count). The Morgan fingerprint density at radius 3 is 2.13 bits per heavy atom. The van der Waals surface area contributed by atoms with E-state index in [0.717, 1.165) is 31.2 Å². The second-order valence-electron chi connectivity index (χ2n) is 9.91. The molecule has 0 bridgehead atoms. The molecule has 7 heteroatoms. The highest BCUT2D eigenvalue weighted by Crippen LogP contribution is 2.25. The monoisotopic (exact) mass is 530 g/mol.